The van der Waals surface area contributed by atoms with Crippen molar-refractivity contribution < 1.29 is 14.3 Å². The van der Waals surface area contributed by atoms with Gasteiger partial charge in [0.1, 0.15) is 11.9 Å². The number of rotatable bonds is 3. The highest BCUT2D eigenvalue weighted by molar-refractivity contribution is 6.22. The number of hydrogen-bond acceptors (Lipinski definition) is 3. The van der Waals surface area contributed by atoms with E-state index in [9.17, 15) is 9.59 Å². The van der Waals surface area contributed by atoms with Crippen molar-refractivity contribution in [1.29, 1.82) is 0 Å². The van der Waals surface area contributed by atoms with E-state index in [2.05, 4.69) is 20.8 Å². The molecule has 0 saturated heterocycles. The number of carbonyl (C=O) groups excluding carboxylic acids is 2. The van der Waals surface area contributed by atoms with E-state index in [0.29, 0.717) is 11.3 Å². The Bertz CT molecular complexity index is 530. The van der Waals surface area contributed by atoms with Gasteiger partial charge in [-0.3, -0.25) is 9.59 Å². The van der Waals surface area contributed by atoms with E-state index in [4.69, 9.17) is 4.74 Å². The molecular formula is C18H22O3. The summed E-state index contributed by atoms with van der Waals surface area (Å²) in [5.41, 5.74) is 0.433. The van der Waals surface area contributed by atoms with Crippen LogP contribution in [0.2, 0.25) is 0 Å². The van der Waals surface area contributed by atoms with E-state index in [-0.39, 0.29) is 35.9 Å². The first-order chi connectivity index (χ1) is 9.85. The first-order valence-corrected chi connectivity index (χ1v) is 7.33. The molecule has 1 aliphatic rings. The molecule has 1 saturated carbocycles. The predicted octanol–water partition coefficient (Wildman–Crippen LogP) is 3.73. The third kappa shape index (κ3) is 4.55. The Morgan fingerprint density at radius 2 is 1.67 bits per heavy atom. The van der Waals surface area contributed by atoms with Gasteiger partial charge < -0.3 is 4.74 Å². The Hall–Kier alpha value is -1.90. The number of Topliss-reactive ketones (excluding diaryl/α,β-unsaturated/α-hetero) is 2. The molecule has 1 aliphatic carbocycles. The smallest absolute Gasteiger partial charge is 0.169 e. The first-order valence-electron chi connectivity index (χ1n) is 7.33. The Morgan fingerprint density at radius 1 is 1.10 bits per heavy atom. The normalized spacial score (nSPS) is 19.6. The summed E-state index contributed by atoms with van der Waals surface area (Å²) in [7, 11) is 0. The number of ketones is 2. The summed E-state index contributed by atoms with van der Waals surface area (Å²) in [6.45, 7) is 6.26. The lowest BCUT2D eigenvalue weighted by Gasteiger charge is -2.24. The number of carbonyl (C=O) groups is 2. The molecule has 0 heterocycles. The summed E-state index contributed by atoms with van der Waals surface area (Å²) in [4.78, 5) is 24.3. The molecule has 0 spiro atoms. The maximum atomic E-state index is 12.2. The molecule has 0 aliphatic heterocycles. The molecule has 1 fully saturated rings. The van der Waals surface area contributed by atoms with Crippen molar-refractivity contribution in [2.45, 2.75) is 46.1 Å². The second kappa shape index (κ2) is 6.25. The van der Waals surface area contributed by atoms with E-state index in [0.717, 1.165) is 6.42 Å². The summed E-state index contributed by atoms with van der Waals surface area (Å²) in [5.74, 6) is 0.498. The second-order valence-corrected chi connectivity index (χ2v) is 6.69. The number of ether oxygens (including phenoxy) is 1. The number of benzene rings is 1. The Kier molecular flexibility index (Phi) is 4.61. The third-order valence-electron chi connectivity index (χ3n) is 3.39. The van der Waals surface area contributed by atoms with Crippen LogP contribution >= 0.6 is 0 Å². The lowest BCUT2D eigenvalue weighted by Crippen LogP contribution is -2.33. The summed E-state index contributed by atoms with van der Waals surface area (Å²) < 4.78 is 5.72. The van der Waals surface area contributed by atoms with E-state index >= 15 is 0 Å². The summed E-state index contributed by atoms with van der Waals surface area (Å²) >= 11 is 0. The highest BCUT2D eigenvalue weighted by atomic mass is 16.5. The van der Waals surface area contributed by atoms with E-state index in [1.807, 2.05) is 30.3 Å². The van der Waals surface area contributed by atoms with Crippen LogP contribution in [0.5, 0.6) is 5.75 Å². The molecule has 0 atom stereocenters. The summed E-state index contributed by atoms with van der Waals surface area (Å²) in [6.07, 6.45) is 2.72. The van der Waals surface area contributed by atoms with Gasteiger partial charge in [-0.25, -0.2) is 0 Å². The number of allylic oxidation sites excluding steroid dienone is 2. The molecule has 0 amide bonds. The second-order valence-electron chi connectivity index (χ2n) is 6.69. The number of hydrogen-bond donors (Lipinski definition) is 0. The minimum absolute atomic E-state index is 0.0744. The fourth-order valence-corrected chi connectivity index (χ4v) is 2.27. The first kappa shape index (κ1) is 15.5. The van der Waals surface area contributed by atoms with Gasteiger partial charge in [-0.15, -0.1) is 0 Å². The lowest BCUT2D eigenvalue weighted by molar-refractivity contribution is -0.126. The molecule has 112 valence electrons. The van der Waals surface area contributed by atoms with Gasteiger partial charge in [-0.05, 0) is 24.0 Å². The van der Waals surface area contributed by atoms with Crippen molar-refractivity contribution in [2.75, 3.05) is 0 Å². The standard InChI is InChI=1S/C18H22O3/c1-18(2,3)10-9-15-16(19)11-14(12-17(15)20)21-13-7-5-4-6-8-13/h4-9,14H,10-12H2,1-3H3. The average Bonchev–Trinajstić information content (AvgIpc) is 2.37. The largest absolute Gasteiger partial charge is 0.489 e. The Balaban J connectivity index is 2.02. The van der Waals surface area contributed by atoms with Crippen LogP contribution < -0.4 is 4.74 Å². The molecular weight excluding hydrogens is 264 g/mol. The van der Waals surface area contributed by atoms with Crippen LogP contribution in [0, 0.1) is 5.41 Å². The zero-order valence-corrected chi connectivity index (χ0v) is 12.9. The van der Waals surface area contributed by atoms with Gasteiger partial charge in [0.05, 0.1) is 5.57 Å². The minimum atomic E-state index is -0.348. The zero-order chi connectivity index (χ0) is 15.5. The van der Waals surface area contributed by atoms with Gasteiger partial charge in [0.15, 0.2) is 11.6 Å². The zero-order valence-electron chi connectivity index (χ0n) is 12.9. The van der Waals surface area contributed by atoms with Crippen LogP contribution in [-0.2, 0) is 9.59 Å². The van der Waals surface area contributed by atoms with Crippen LogP contribution in [0.4, 0.5) is 0 Å². The molecule has 1 aromatic rings. The fourth-order valence-electron chi connectivity index (χ4n) is 2.27. The van der Waals surface area contributed by atoms with Gasteiger partial charge in [0.2, 0.25) is 0 Å². The molecule has 21 heavy (non-hydrogen) atoms. The highest BCUT2D eigenvalue weighted by Crippen LogP contribution is 2.26. The molecule has 3 nitrogen and oxygen atoms in total. The fraction of sp³-hybridized carbons (Fsp3) is 0.444. The van der Waals surface area contributed by atoms with E-state index < -0.39 is 0 Å². The summed E-state index contributed by atoms with van der Waals surface area (Å²) in [5, 5.41) is 0. The average molecular weight is 286 g/mol. The molecule has 0 bridgehead atoms. The van der Waals surface area contributed by atoms with Crippen molar-refractivity contribution in [1.82, 2.24) is 0 Å². The SMILES string of the molecule is CC(C)(C)CC=C1C(=O)CC(Oc2ccccc2)CC1=O. The number of para-hydroxylation sites is 1. The maximum Gasteiger partial charge on any atom is 0.169 e. The van der Waals surface area contributed by atoms with Crippen molar-refractivity contribution in [2.24, 2.45) is 5.41 Å². The van der Waals surface area contributed by atoms with Gasteiger partial charge in [-0.2, -0.15) is 0 Å². The van der Waals surface area contributed by atoms with E-state index in [1.165, 1.54) is 0 Å². The maximum absolute atomic E-state index is 12.2. The van der Waals surface area contributed by atoms with Crippen molar-refractivity contribution in [3.8, 4) is 5.75 Å². The minimum Gasteiger partial charge on any atom is -0.489 e. The lowest BCUT2D eigenvalue weighted by atomic mass is 9.85. The molecule has 0 aromatic heterocycles. The van der Waals surface area contributed by atoms with Gasteiger partial charge in [0, 0.05) is 12.8 Å². The van der Waals surface area contributed by atoms with Crippen LogP contribution in [0.1, 0.15) is 40.0 Å². The topological polar surface area (TPSA) is 43.4 Å². The van der Waals surface area contributed by atoms with E-state index in [1.54, 1.807) is 6.08 Å². The van der Waals surface area contributed by atoms with Crippen LogP contribution in [0.3, 0.4) is 0 Å². The van der Waals surface area contributed by atoms with Crippen LogP contribution in [0.15, 0.2) is 42.0 Å². The molecule has 0 radical (unpaired) electrons. The monoisotopic (exact) mass is 286 g/mol. The van der Waals surface area contributed by atoms with Gasteiger partial charge in [-0.1, -0.05) is 45.0 Å². The predicted molar refractivity (Wildman–Crippen MR) is 82.3 cm³/mol. The molecule has 2 rings (SSSR count). The van der Waals surface area contributed by atoms with Crippen LogP contribution in [-0.4, -0.2) is 17.7 Å². The molecule has 1 aromatic carbocycles. The molecule has 3 heteroatoms. The van der Waals surface area contributed by atoms with Crippen molar-refractivity contribution in [3.63, 3.8) is 0 Å². The van der Waals surface area contributed by atoms with Crippen molar-refractivity contribution in [3.05, 3.63) is 42.0 Å². The van der Waals surface area contributed by atoms with Crippen molar-refractivity contribution >= 4 is 11.6 Å². The molecule has 0 unspecified atom stereocenters. The van der Waals surface area contributed by atoms with Gasteiger partial charge in [0.25, 0.3) is 0 Å². The quantitative estimate of drug-likeness (QED) is 0.628. The molecule has 0 N–H and O–H groups in total. The van der Waals surface area contributed by atoms with Gasteiger partial charge >= 0.3 is 0 Å². The Morgan fingerprint density at radius 3 is 2.19 bits per heavy atom. The third-order valence-corrected chi connectivity index (χ3v) is 3.39. The highest BCUT2D eigenvalue weighted by Gasteiger charge is 2.31. The van der Waals surface area contributed by atoms with Crippen LogP contribution in [0.25, 0.3) is 0 Å². The summed E-state index contributed by atoms with van der Waals surface area (Å²) in [6, 6.07) is 9.31. The Labute approximate surface area is 126 Å².